The zero-order valence-corrected chi connectivity index (χ0v) is 7.39. The Labute approximate surface area is 67.5 Å². The third-order valence-corrected chi connectivity index (χ3v) is 1.27. The summed E-state index contributed by atoms with van der Waals surface area (Å²) in [6, 6.07) is 0. The average Bonchev–Trinajstić information content (AvgIpc) is 2.00. The van der Waals surface area contributed by atoms with Crippen LogP contribution in [0, 0.1) is 0 Å². The van der Waals surface area contributed by atoms with E-state index in [1.807, 2.05) is 6.92 Å². The maximum absolute atomic E-state index is 11.0. The lowest BCUT2D eigenvalue weighted by atomic mass is 10.2. The summed E-state index contributed by atoms with van der Waals surface area (Å²) in [7, 11) is 1.61. The van der Waals surface area contributed by atoms with E-state index in [0.29, 0.717) is 18.7 Å². The molecule has 0 heterocycles. The molecule has 0 aromatic carbocycles. The lowest BCUT2D eigenvalue weighted by Crippen LogP contribution is -2.17. The second-order valence-electron chi connectivity index (χ2n) is 2.14. The van der Waals surface area contributed by atoms with Crippen LogP contribution in [0.1, 0.15) is 26.7 Å². The normalized spacial score (nSPS) is 11.4. The van der Waals surface area contributed by atoms with Crippen molar-refractivity contribution in [3.63, 3.8) is 0 Å². The molecule has 0 aromatic rings. The van der Waals surface area contributed by atoms with E-state index in [1.165, 1.54) is 0 Å². The van der Waals surface area contributed by atoms with Crippen molar-refractivity contribution in [1.29, 1.82) is 0 Å². The fraction of sp³-hybridized carbons (Fsp3) is 0.750. The van der Waals surface area contributed by atoms with Gasteiger partial charge in [0.1, 0.15) is 5.71 Å². The Morgan fingerprint density at radius 3 is 2.45 bits per heavy atom. The molecule has 0 aliphatic heterocycles. The van der Waals surface area contributed by atoms with Gasteiger partial charge in [-0.3, -0.25) is 4.99 Å². The van der Waals surface area contributed by atoms with Crippen molar-refractivity contribution in [3.05, 3.63) is 0 Å². The first-order valence-corrected chi connectivity index (χ1v) is 3.89. The van der Waals surface area contributed by atoms with Gasteiger partial charge in [0.25, 0.3) is 0 Å². The number of nitrogens with zero attached hydrogens (tertiary/aromatic N) is 1. The highest BCUT2D eigenvalue weighted by Crippen LogP contribution is 1.94. The van der Waals surface area contributed by atoms with Crippen LogP contribution in [0.25, 0.3) is 0 Å². The molecule has 0 saturated heterocycles. The highest BCUT2D eigenvalue weighted by molar-refractivity contribution is 6.36. The van der Waals surface area contributed by atoms with Crippen molar-refractivity contribution in [2.45, 2.75) is 26.7 Å². The fourth-order valence-electron chi connectivity index (χ4n) is 0.756. The molecule has 0 rings (SSSR count). The molecule has 0 fully saturated rings. The molecule has 0 amide bonds. The van der Waals surface area contributed by atoms with Crippen LogP contribution in [0.3, 0.4) is 0 Å². The Morgan fingerprint density at radius 2 is 2.09 bits per heavy atom. The van der Waals surface area contributed by atoms with Crippen LogP contribution in [-0.4, -0.2) is 25.3 Å². The molecule has 0 atom stereocenters. The Kier molecular flexibility index (Phi) is 5.43. The third kappa shape index (κ3) is 3.75. The summed E-state index contributed by atoms with van der Waals surface area (Å²) in [4.78, 5) is 14.8. The molecule has 0 aromatic heterocycles. The molecular formula is C8H15NO2. The van der Waals surface area contributed by atoms with Crippen molar-refractivity contribution in [2.24, 2.45) is 4.99 Å². The highest BCUT2D eigenvalue weighted by Gasteiger charge is 2.08. The zero-order chi connectivity index (χ0) is 8.69. The van der Waals surface area contributed by atoms with Gasteiger partial charge in [-0.05, 0) is 13.3 Å². The number of aliphatic imine (C=N–C) groups is 1. The quantitative estimate of drug-likeness (QED) is 0.457. The predicted octanol–water partition coefficient (Wildman–Crippen LogP) is 1.42. The van der Waals surface area contributed by atoms with Crippen LogP contribution in [0.2, 0.25) is 0 Å². The molecule has 3 nitrogen and oxygen atoms in total. The van der Waals surface area contributed by atoms with E-state index in [4.69, 9.17) is 4.74 Å². The second-order valence-corrected chi connectivity index (χ2v) is 2.14. The van der Waals surface area contributed by atoms with E-state index < -0.39 is 0 Å². The van der Waals surface area contributed by atoms with Gasteiger partial charge in [0.2, 0.25) is 0 Å². The minimum Gasteiger partial charge on any atom is -0.462 e. The molecule has 0 N–H and O–H groups in total. The average molecular weight is 157 g/mol. The number of rotatable bonds is 4. The summed E-state index contributed by atoms with van der Waals surface area (Å²) in [6.45, 7) is 4.21. The minimum atomic E-state index is -0.281. The van der Waals surface area contributed by atoms with Crippen molar-refractivity contribution in [3.8, 4) is 0 Å². The number of hydrogen-bond donors (Lipinski definition) is 0. The van der Waals surface area contributed by atoms with Gasteiger partial charge in [0.15, 0.2) is 0 Å². The first-order valence-electron chi connectivity index (χ1n) is 3.89. The van der Waals surface area contributed by atoms with Crippen LogP contribution in [-0.2, 0) is 9.53 Å². The first kappa shape index (κ1) is 10.1. The summed E-state index contributed by atoms with van der Waals surface area (Å²) in [6.07, 6.45) is 1.63. The number of hydrogen-bond acceptors (Lipinski definition) is 3. The number of esters is 1. The smallest absolute Gasteiger partial charge is 0.352 e. The third-order valence-electron chi connectivity index (χ3n) is 1.27. The monoisotopic (exact) mass is 157 g/mol. The van der Waals surface area contributed by atoms with Crippen LogP contribution < -0.4 is 0 Å². The van der Waals surface area contributed by atoms with Crippen molar-refractivity contribution >= 4 is 11.7 Å². The van der Waals surface area contributed by atoms with Crippen LogP contribution >= 0.6 is 0 Å². The second kappa shape index (κ2) is 5.89. The topological polar surface area (TPSA) is 38.7 Å². The molecule has 3 heteroatoms. The summed E-state index contributed by atoms with van der Waals surface area (Å²) in [5.41, 5.74) is 0.536. The lowest BCUT2D eigenvalue weighted by molar-refractivity contribution is -0.135. The Bertz CT molecular complexity index is 152. The standard InChI is InChI=1S/C8H15NO2/c1-4-6-7(9-3)8(10)11-5-2/h4-6H2,1-3H3. The van der Waals surface area contributed by atoms with E-state index >= 15 is 0 Å². The molecule has 0 spiro atoms. The van der Waals surface area contributed by atoms with E-state index in [9.17, 15) is 4.79 Å². The Morgan fingerprint density at radius 1 is 1.45 bits per heavy atom. The molecule has 0 radical (unpaired) electrons. The molecule has 0 aliphatic rings. The first-order chi connectivity index (χ1) is 5.26. The van der Waals surface area contributed by atoms with Gasteiger partial charge in [-0.1, -0.05) is 13.3 Å². The van der Waals surface area contributed by atoms with Gasteiger partial charge in [-0.2, -0.15) is 0 Å². The van der Waals surface area contributed by atoms with E-state index in [2.05, 4.69) is 4.99 Å². The van der Waals surface area contributed by atoms with Gasteiger partial charge in [0.05, 0.1) is 6.61 Å². The van der Waals surface area contributed by atoms with Crippen LogP contribution in [0.5, 0.6) is 0 Å². The van der Waals surface area contributed by atoms with Gasteiger partial charge in [-0.25, -0.2) is 4.79 Å². The SMILES string of the molecule is CCCC(=NC)C(=O)OCC. The Hall–Kier alpha value is -0.860. The molecular weight excluding hydrogens is 142 g/mol. The van der Waals surface area contributed by atoms with Crippen molar-refractivity contribution < 1.29 is 9.53 Å². The fourth-order valence-corrected chi connectivity index (χ4v) is 0.756. The summed E-state index contributed by atoms with van der Waals surface area (Å²) < 4.78 is 4.78. The molecule has 0 saturated carbocycles. The van der Waals surface area contributed by atoms with Gasteiger partial charge < -0.3 is 4.74 Å². The molecule has 0 unspecified atom stereocenters. The van der Waals surface area contributed by atoms with Gasteiger partial charge >= 0.3 is 5.97 Å². The van der Waals surface area contributed by atoms with Crippen molar-refractivity contribution in [1.82, 2.24) is 0 Å². The predicted molar refractivity (Wildman–Crippen MR) is 44.9 cm³/mol. The minimum absolute atomic E-state index is 0.281. The largest absolute Gasteiger partial charge is 0.462 e. The maximum atomic E-state index is 11.0. The molecule has 0 aliphatic carbocycles. The van der Waals surface area contributed by atoms with Crippen molar-refractivity contribution in [2.75, 3.05) is 13.7 Å². The Balaban J connectivity index is 3.94. The van der Waals surface area contributed by atoms with Gasteiger partial charge in [0, 0.05) is 7.05 Å². The molecule has 0 bridgehead atoms. The number of ether oxygens (including phenoxy) is 1. The lowest BCUT2D eigenvalue weighted by Gasteiger charge is -2.02. The number of carbonyl (C=O) groups is 1. The zero-order valence-electron chi connectivity index (χ0n) is 7.39. The molecule has 11 heavy (non-hydrogen) atoms. The summed E-state index contributed by atoms with van der Waals surface area (Å²) >= 11 is 0. The van der Waals surface area contributed by atoms with E-state index in [-0.39, 0.29) is 5.97 Å². The van der Waals surface area contributed by atoms with Gasteiger partial charge in [-0.15, -0.1) is 0 Å². The van der Waals surface area contributed by atoms with E-state index in [1.54, 1.807) is 14.0 Å². The maximum Gasteiger partial charge on any atom is 0.352 e. The van der Waals surface area contributed by atoms with E-state index in [0.717, 1.165) is 6.42 Å². The molecule has 64 valence electrons. The number of carbonyl (C=O) groups excluding carboxylic acids is 1. The van der Waals surface area contributed by atoms with Crippen LogP contribution in [0.15, 0.2) is 4.99 Å². The summed E-state index contributed by atoms with van der Waals surface area (Å²) in [5.74, 6) is -0.281. The van der Waals surface area contributed by atoms with Crippen LogP contribution in [0.4, 0.5) is 0 Å². The highest BCUT2D eigenvalue weighted by atomic mass is 16.5. The summed E-state index contributed by atoms with van der Waals surface area (Å²) in [5, 5.41) is 0.